The smallest absolute Gasteiger partial charge is 0.257 e. The number of nitrogens with zero attached hydrogens (tertiary/aromatic N) is 4. The van der Waals surface area contributed by atoms with Gasteiger partial charge in [-0.3, -0.25) is 14.5 Å². The SMILES string of the molecule is Cc1noc(C)c1C(=O)N[C@H]1C[C@H]2C(=O)NC[C@@H](Cc3nnc(C4CC4)o3)N2C1. The number of aromatic nitrogens is 3. The topological polar surface area (TPSA) is 126 Å². The molecule has 29 heavy (non-hydrogen) atoms. The molecule has 2 aromatic heterocycles. The lowest BCUT2D eigenvalue weighted by Gasteiger charge is -2.36. The van der Waals surface area contributed by atoms with Crippen LogP contribution in [0.1, 0.15) is 58.8 Å². The maximum Gasteiger partial charge on any atom is 0.257 e. The Kier molecular flexibility index (Phi) is 4.38. The highest BCUT2D eigenvalue weighted by Gasteiger charge is 2.44. The summed E-state index contributed by atoms with van der Waals surface area (Å²) in [6.07, 6.45) is 3.37. The predicted molar refractivity (Wildman–Crippen MR) is 99.1 cm³/mol. The lowest BCUT2D eigenvalue weighted by atomic mass is 10.1. The zero-order chi connectivity index (χ0) is 20.1. The first kappa shape index (κ1) is 18.3. The molecule has 10 heteroatoms. The van der Waals surface area contributed by atoms with E-state index in [2.05, 4.69) is 30.9 Å². The van der Waals surface area contributed by atoms with Crippen LogP contribution in [0.5, 0.6) is 0 Å². The second kappa shape index (κ2) is 6.94. The molecule has 2 aliphatic heterocycles. The van der Waals surface area contributed by atoms with E-state index in [0.717, 1.165) is 18.7 Å². The summed E-state index contributed by atoms with van der Waals surface area (Å²) >= 11 is 0. The van der Waals surface area contributed by atoms with Crippen LogP contribution in [0.2, 0.25) is 0 Å². The molecular weight excluding hydrogens is 376 g/mol. The van der Waals surface area contributed by atoms with Crippen LogP contribution in [0, 0.1) is 13.8 Å². The molecule has 4 heterocycles. The van der Waals surface area contributed by atoms with Gasteiger partial charge in [-0.2, -0.15) is 0 Å². The van der Waals surface area contributed by atoms with Crippen molar-refractivity contribution in [2.45, 2.75) is 63.6 Å². The van der Waals surface area contributed by atoms with Gasteiger partial charge in [-0.05, 0) is 33.1 Å². The minimum absolute atomic E-state index is 0.000429. The standard InChI is InChI=1S/C19H24N6O4/c1-9-16(10(2)29-24-9)18(27)21-12-5-14-17(26)20-7-13(25(14)8-12)6-15-22-23-19(28-15)11-3-4-11/h11-14H,3-8H2,1-2H3,(H,20,26)(H,21,27)/t12-,13+,14-/m0/s1. The lowest BCUT2D eigenvalue weighted by Crippen LogP contribution is -2.58. The van der Waals surface area contributed by atoms with Crippen molar-refractivity contribution in [2.75, 3.05) is 13.1 Å². The van der Waals surface area contributed by atoms with Crippen molar-refractivity contribution >= 4 is 11.8 Å². The number of rotatable bonds is 5. The van der Waals surface area contributed by atoms with Crippen molar-refractivity contribution in [2.24, 2.45) is 0 Å². The fourth-order valence-corrected chi connectivity index (χ4v) is 4.38. The summed E-state index contributed by atoms with van der Waals surface area (Å²) in [5, 5.41) is 18.2. The third-order valence-electron chi connectivity index (χ3n) is 6.04. The molecule has 3 atom stereocenters. The average Bonchev–Trinajstić information content (AvgIpc) is 3.11. The quantitative estimate of drug-likeness (QED) is 0.741. The van der Waals surface area contributed by atoms with Gasteiger partial charge in [-0.25, -0.2) is 0 Å². The van der Waals surface area contributed by atoms with E-state index >= 15 is 0 Å². The zero-order valence-electron chi connectivity index (χ0n) is 16.5. The minimum atomic E-state index is -0.269. The number of hydrogen-bond acceptors (Lipinski definition) is 8. The lowest BCUT2D eigenvalue weighted by molar-refractivity contribution is -0.129. The average molecular weight is 400 g/mol. The number of aryl methyl sites for hydroxylation is 2. The van der Waals surface area contributed by atoms with Gasteiger partial charge in [0.1, 0.15) is 11.3 Å². The van der Waals surface area contributed by atoms with Gasteiger partial charge in [0.2, 0.25) is 17.7 Å². The highest BCUT2D eigenvalue weighted by atomic mass is 16.5. The molecule has 0 aromatic carbocycles. The minimum Gasteiger partial charge on any atom is -0.425 e. The van der Waals surface area contributed by atoms with Crippen LogP contribution in [0.25, 0.3) is 0 Å². The predicted octanol–water partition coefficient (Wildman–Crippen LogP) is 0.466. The van der Waals surface area contributed by atoms with E-state index in [4.69, 9.17) is 8.94 Å². The molecule has 10 nitrogen and oxygen atoms in total. The molecule has 0 radical (unpaired) electrons. The number of piperazine rings is 1. The Bertz CT molecular complexity index is 929. The van der Waals surface area contributed by atoms with Crippen molar-refractivity contribution in [1.29, 1.82) is 0 Å². The van der Waals surface area contributed by atoms with Crippen molar-refractivity contribution in [3.8, 4) is 0 Å². The van der Waals surface area contributed by atoms with Gasteiger partial charge in [0.05, 0.1) is 11.7 Å². The van der Waals surface area contributed by atoms with E-state index in [9.17, 15) is 9.59 Å². The fourth-order valence-electron chi connectivity index (χ4n) is 4.38. The first-order valence-corrected chi connectivity index (χ1v) is 10.1. The molecule has 3 fully saturated rings. The van der Waals surface area contributed by atoms with Crippen molar-refractivity contribution in [1.82, 2.24) is 30.9 Å². The molecule has 1 saturated carbocycles. The number of carbonyl (C=O) groups is 2. The molecule has 3 aliphatic rings. The second-order valence-corrected chi connectivity index (χ2v) is 8.23. The monoisotopic (exact) mass is 400 g/mol. The Morgan fingerprint density at radius 2 is 2.14 bits per heavy atom. The van der Waals surface area contributed by atoms with E-state index < -0.39 is 0 Å². The molecule has 154 valence electrons. The van der Waals surface area contributed by atoms with Crippen LogP contribution < -0.4 is 10.6 Å². The van der Waals surface area contributed by atoms with E-state index in [-0.39, 0.29) is 29.9 Å². The van der Waals surface area contributed by atoms with Crippen LogP contribution in [-0.4, -0.2) is 63.3 Å². The van der Waals surface area contributed by atoms with Gasteiger partial charge >= 0.3 is 0 Å². The van der Waals surface area contributed by atoms with E-state index in [0.29, 0.717) is 54.8 Å². The molecule has 0 spiro atoms. The first-order chi connectivity index (χ1) is 14.0. The van der Waals surface area contributed by atoms with E-state index in [1.807, 2.05) is 0 Å². The molecule has 2 aromatic rings. The molecule has 2 amide bonds. The van der Waals surface area contributed by atoms with Gasteiger partial charge in [-0.1, -0.05) is 5.16 Å². The fraction of sp³-hybridized carbons (Fsp3) is 0.632. The third kappa shape index (κ3) is 3.41. The third-order valence-corrected chi connectivity index (χ3v) is 6.04. The molecule has 5 rings (SSSR count). The summed E-state index contributed by atoms with van der Waals surface area (Å²) in [6, 6.07) is -0.335. The Morgan fingerprint density at radius 1 is 1.31 bits per heavy atom. The molecule has 2 N–H and O–H groups in total. The summed E-state index contributed by atoms with van der Waals surface area (Å²) in [5.41, 5.74) is 1.03. The number of nitrogens with one attached hydrogen (secondary N) is 2. The first-order valence-electron chi connectivity index (χ1n) is 10.1. The van der Waals surface area contributed by atoms with Crippen LogP contribution in [0.15, 0.2) is 8.94 Å². The Hall–Kier alpha value is -2.75. The highest BCUT2D eigenvalue weighted by Crippen LogP contribution is 2.39. The van der Waals surface area contributed by atoms with E-state index in [1.54, 1.807) is 13.8 Å². The Labute approximate surface area is 167 Å². The molecular formula is C19H24N6O4. The van der Waals surface area contributed by atoms with E-state index in [1.165, 1.54) is 0 Å². The summed E-state index contributed by atoms with van der Waals surface area (Å²) < 4.78 is 10.9. The van der Waals surface area contributed by atoms with Gasteiger partial charge in [-0.15, -0.1) is 10.2 Å². The summed E-state index contributed by atoms with van der Waals surface area (Å²) in [5.74, 6) is 2.03. The molecule has 0 unspecified atom stereocenters. The number of carbonyl (C=O) groups excluding carboxylic acids is 2. The molecule has 1 aliphatic carbocycles. The number of amides is 2. The van der Waals surface area contributed by atoms with Crippen LogP contribution in [0.3, 0.4) is 0 Å². The zero-order valence-corrected chi connectivity index (χ0v) is 16.5. The maximum absolute atomic E-state index is 12.7. The summed E-state index contributed by atoms with van der Waals surface area (Å²) in [6.45, 7) is 4.59. The van der Waals surface area contributed by atoms with Gasteiger partial charge in [0.15, 0.2) is 0 Å². The van der Waals surface area contributed by atoms with Gasteiger partial charge < -0.3 is 19.6 Å². The van der Waals surface area contributed by atoms with Crippen LogP contribution >= 0.6 is 0 Å². The summed E-state index contributed by atoms with van der Waals surface area (Å²) in [7, 11) is 0. The second-order valence-electron chi connectivity index (χ2n) is 8.23. The van der Waals surface area contributed by atoms with Crippen LogP contribution in [-0.2, 0) is 11.2 Å². The van der Waals surface area contributed by atoms with Crippen molar-refractivity contribution in [3.05, 3.63) is 28.8 Å². The summed E-state index contributed by atoms with van der Waals surface area (Å²) in [4.78, 5) is 27.2. The Balaban J connectivity index is 1.27. The van der Waals surface area contributed by atoms with Gasteiger partial charge in [0.25, 0.3) is 5.91 Å². The maximum atomic E-state index is 12.7. The van der Waals surface area contributed by atoms with Crippen molar-refractivity contribution < 1.29 is 18.5 Å². The van der Waals surface area contributed by atoms with Crippen LogP contribution in [0.4, 0.5) is 0 Å². The largest absolute Gasteiger partial charge is 0.425 e. The normalized spacial score (nSPS) is 27.0. The number of hydrogen-bond donors (Lipinski definition) is 2. The van der Waals surface area contributed by atoms with Crippen molar-refractivity contribution in [3.63, 3.8) is 0 Å². The number of fused-ring (bicyclic) bond motifs is 1. The highest BCUT2D eigenvalue weighted by molar-refractivity contribution is 5.96. The Morgan fingerprint density at radius 3 is 2.86 bits per heavy atom. The van der Waals surface area contributed by atoms with Gasteiger partial charge in [0, 0.05) is 37.5 Å². The molecule has 0 bridgehead atoms. The molecule has 2 saturated heterocycles.